The Morgan fingerprint density at radius 1 is 1.41 bits per heavy atom. The molecule has 0 aliphatic heterocycles. The van der Waals surface area contributed by atoms with E-state index < -0.39 is 5.97 Å². The lowest BCUT2D eigenvalue weighted by Gasteiger charge is -2.16. The maximum Gasteiger partial charge on any atom is 0.303 e. The van der Waals surface area contributed by atoms with Gasteiger partial charge in [-0.1, -0.05) is 19.9 Å². The number of benzene rings is 1. The maximum atomic E-state index is 10.6. The van der Waals surface area contributed by atoms with Crippen LogP contribution in [0.5, 0.6) is 11.5 Å². The number of aromatic hydroxyl groups is 1. The number of carboxylic acid groups (broad SMARTS) is 1. The van der Waals surface area contributed by atoms with Crippen LogP contribution < -0.4 is 4.74 Å². The van der Waals surface area contributed by atoms with E-state index in [4.69, 9.17) is 9.84 Å². The number of rotatable bonds is 5. The summed E-state index contributed by atoms with van der Waals surface area (Å²) in [6, 6.07) is 3.58. The maximum absolute atomic E-state index is 10.6. The first-order chi connectivity index (χ1) is 7.97. The van der Waals surface area contributed by atoms with Gasteiger partial charge in [-0.2, -0.15) is 0 Å². The molecule has 4 nitrogen and oxygen atoms in total. The highest BCUT2D eigenvalue weighted by molar-refractivity contribution is 5.67. The first-order valence-electron chi connectivity index (χ1n) is 5.57. The minimum absolute atomic E-state index is 0.000444. The summed E-state index contributed by atoms with van der Waals surface area (Å²) >= 11 is 0. The highest BCUT2D eigenvalue weighted by atomic mass is 16.5. The zero-order valence-electron chi connectivity index (χ0n) is 10.4. The van der Waals surface area contributed by atoms with Crippen molar-refractivity contribution in [2.75, 3.05) is 7.11 Å². The molecule has 0 heterocycles. The number of hydrogen-bond acceptors (Lipinski definition) is 3. The van der Waals surface area contributed by atoms with Crippen LogP contribution in [0.4, 0.5) is 0 Å². The Hall–Kier alpha value is -1.71. The number of ether oxygens (including phenoxy) is 1. The molecule has 94 valence electrons. The van der Waals surface area contributed by atoms with Gasteiger partial charge in [0.25, 0.3) is 0 Å². The van der Waals surface area contributed by atoms with Gasteiger partial charge < -0.3 is 14.9 Å². The van der Waals surface area contributed by atoms with Crippen LogP contribution in [0.25, 0.3) is 0 Å². The second-order valence-electron chi connectivity index (χ2n) is 4.23. The van der Waals surface area contributed by atoms with E-state index in [1.165, 1.54) is 7.11 Å². The summed E-state index contributed by atoms with van der Waals surface area (Å²) in [5.41, 5.74) is 1.63. The molecule has 0 bridgehead atoms. The van der Waals surface area contributed by atoms with Crippen molar-refractivity contribution >= 4 is 5.97 Å². The van der Waals surface area contributed by atoms with Crippen molar-refractivity contribution < 1.29 is 19.7 Å². The van der Waals surface area contributed by atoms with E-state index in [1.807, 2.05) is 19.9 Å². The molecule has 0 aromatic heterocycles. The van der Waals surface area contributed by atoms with Crippen LogP contribution in [0.15, 0.2) is 12.1 Å². The Balaban J connectivity index is 3.15. The molecule has 1 aromatic carbocycles. The Bertz CT molecular complexity index is 410. The molecule has 0 amide bonds. The minimum Gasteiger partial charge on any atom is -0.504 e. The quantitative estimate of drug-likeness (QED) is 0.827. The van der Waals surface area contributed by atoms with Gasteiger partial charge >= 0.3 is 5.97 Å². The van der Waals surface area contributed by atoms with E-state index in [0.29, 0.717) is 17.7 Å². The number of hydrogen-bond donors (Lipinski definition) is 2. The third kappa shape index (κ3) is 3.12. The predicted octanol–water partition coefficient (Wildman–Crippen LogP) is 2.54. The number of methoxy groups -OCH3 is 1. The van der Waals surface area contributed by atoms with E-state index >= 15 is 0 Å². The molecule has 0 aliphatic carbocycles. The Morgan fingerprint density at radius 2 is 2.06 bits per heavy atom. The Kier molecular flexibility index (Phi) is 4.37. The van der Waals surface area contributed by atoms with Gasteiger partial charge in [0.2, 0.25) is 0 Å². The molecule has 0 spiro atoms. The molecule has 0 unspecified atom stereocenters. The number of phenolic OH excluding ortho intramolecular Hbond substituents is 1. The Morgan fingerprint density at radius 3 is 2.53 bits per heavy atom. The third-order valence-corrected chi connectivity index (χ3v) is 2.71. The molecule has 0 saturated carbocycles. The van der Waals surface area contributed by atoms with Crippen molar-refractivity contribution in [2.24, 2.45) is 0 Å². The van der Waals surface area contributed by atoms with Gasteiger partial charge in [0.05, 0.1) is 7.11 Å². The lowest BCUT2D eigenvalue weighted by molar-refractivity contribution is -0.136. The fourth-order valence-corrected chi connectivity index (χ4v) is 1.83. The van der Waals surface area contributed by atoms with Gasteiger partial charge in [0, 0.05) is 12.0 Å². The lowest BCUT2D eigenvalue weighted by Crippen LogP contribution is -2.03. The van der Waals surface area contributed by atoms with Crippen LogP contribution >= 0.6 is 0 Å². The summed E-state index contributed by atoms with van der Waals surface area (Å²) in [6.07, 6.45) is 0.312. The minimum atomic E-state index is -0.873. The third-order valence-electron chi connectivity index (χ3n) is 2.71. The van der Waals surface area contributed by atoms with Gasteiger partial charge in [-0.25, -0.2) is 0 Å². The molecule has 17 heavy (non-hydrogen) atoms. The fraction of sp³-hybridized carbons (Fsp3) is 0.462. The van der Waals surface area contributed by atoms with Crippen LogP contribution in [0.1, 0.15) is 37.3 Å². The topological polar surface area (TPSA) is 66.8 Å². The van der Waals surface area contributed by atoms with Crippen molar-refractivity contribution in [1.29, 1.82) is 0 Å². The molecule has 2 N–H and O–H groups in total. The molecule has 1 aromatic rings. The second kappa shape index (κ2) is 5.57. The summed E-state index contributed by atoms with van der Waals surface area (Å²) in [5.74, 6) is -0.202. The zero-order chi connectivity index (χ0) is 13.0. The predicted molar refractivity (Wildman–Crippen MR) is 64.7 cm³/mol. The van der Waals surface area contributed by atoms with Crippen LogP contribution in [-0.2, 0) is 11.2 Å². The summed E-state index contributed by atoms with van der Waals surface area (Å²) in [6.45, 7) is 4.01. The van der Waals surface area contributed by atoms with E-state index in [0.717, 1.165) is 5.56 Å². The summed E-state index contributed by atoms with van der Waals surface area (Å²) in [5, 5.41) is 18.7. The van der Waals surface area contributed by atoms with Crippen molar-refractivity contribution in [3.8, 4) is 11.5 Å². The van der Waals surface area contributed by atoms with Crippen molar-refractivity contribution in [1.82, 2.24) is 0 Å². The average Bonchev–Trinajstić information content (AvgIpc) is 2.26. The highest BCUT2D eigenvalue weighted by Gasteiger charge is 2.16. The van der Waals surface area contributed by atoms with Crippen LogP contribution in [-0.4, -0.2) is 23.3 Å². The first kappa shape index (κ1) is 13.4. The number of aliphatic carboxylic acids is 1. The summed E-state index contributed by atoms with van der Waals surface area (Å²) in [7, 11) is 1.48. The van der Waals surface area contributed by atoms with Gasteiger partial charge in [0.15, 0.2) is 11.5 Å². The van der Waals surface area contributed by atoms with Gasteiger partial charge in [-0.3, -0.25) is 4.79 Å². The van der Waals surface area contributed by atoms with Crippen LogP contribution in [0, 0.1) is 0 Å². The van der Waals surface area contributed by atoms with Crippen molar-refractivity contribution in [3.63, 3.8) is 0 Å². The Labute approximate surface area is 101 Å². The normalized spacial score (nSPS) is 10.6. The number of carbonyl (C=O) groups is 1. The fourth-order valence-electron chi connectivity index (χ4n) is 1.83. The molecule has 4 heteroatoms. The summed E-state index contributed by atoms with van der Waals surface area (Å²) in [4.78, 5) is 10.6. The number of phenols is 1. The lowest BCUT2D eigenvalue weighted by atomic mass is 9.93. The van der Waals surface area contributed by atoms with E-state index in [9.17, 15) is 9.90 Å². The first-order valence-corrected chi connectivity index (χ1v) is 5.57. The van der Waals surface area contributed by atoms with Crippen molar-refractivity contribution in [3.05, 3.63) is 23.3 Å². The monoisotopic (exact) mass is 238 g/mol. The highest BCUT2D eigenvalue weighted by Crippen LogP contribution is 2.36. The van der Waals surface area contributed by atoms with E-state index in [-0.39, 0.29) is 18.1 Å². The van der Waals surface area contributed by atoms with Gasteiger partial charge in [-0.15, -0.1) is 0 Å². The van der Waals surface area contributed by atoms with Crippen LogP contribution in [0.3, 0.4) is 0 Å². The van der Waals surface area contributed by atoms with E-state index in [2.05, 4.69) is 0 Å². The molecule has 0 saturated heterocycles. The summed E-state index contributed by atoms with van der Waals surface area (Å²) < 4.78 is 5.03. The molecule has 0 fully saturated rings. The van der Waals surface area contributed by atoms with Gasteiger partial charge in [-0.05, 0) is 24.0 Å². The molecule has 1 rings (SSSR count). The van der Waals surface area contributed by atoms with E-state index in [1.54, 1.807) is 6.07 Å². The van der Waals surface area contributed by atoms with Crippen LogP contribution in [0.2, 0.25) is 0 Å². The van der Waals surface area contributed by atoms with Gasteiger partial charge in [0.1, 0.15) is 0 Å². The number of carboxylic acids is 1. The molecular formula is C13H18O4. The largest absolute Gasteiger partial charge is 0.504 e. The van der Waals surface area contributed by atoms with Crippen molar-refractivity contribution in [2.45, 2.75) is 32.6 Å². The standard InChI is InChI=1S/C13H18O4/c1-8(2)9-4-6-11(17-3)13(16)10(9)5-7-12(14)15/h4,6,8,16H,5,7H2,1-3H3,(H,14,15). The molecule has 0 radical (unpaired) electrons. The SMILES string of the molecule is COc1ccc(C(C)C)c(CCC(=O)O)c1O. The molecule has 0 atom stereocenters. The molecular weight excluding hydrogens is 220 g/mol. The zero-order valence-corrected chi connectivity index (χ0v) is 10.4. The average molecular weight is 238 g/mol. The second-order valence-corrected chi connectivity index (χ2v) is 4.23. The molecule has 0 aliphatic rings. The smallest absolute Gasteiger partial charge is 0.303 e.